The molecule has 1 heterocycles. The second-order valence-electron chi connectivity index (χ2n) is 6.88. The molecule has 0 amide bonds. The average Bonchev–Trinajstić information content (AvgIpc) is 2.90. The van der Waals surface area contributed by atoms with Gasteiger partial charge in [-0.1, -0.05) is 13.3 Å². The quantitative estimate of drug-likeness (QED) is 0.136. The number of nitro groups is 1. The lowest BCUT2D eigenvalue weighted by molar-refractivity contribution is -0.387. The first kappa shape index (κ1) is 21.7. The molecule has 158 valence electrons. The van der Waals surface area contributed by atoms with Crippen LogP contribution >= 0.6 is 21.6 Å². The number of ether oxygens (including phenoxy) is 1. The Morgan fingerprint density at radius 2 is 2.18 bits per heavy atom. The molecule has 8 nitrogen and oxygen atoms in total. The molecule has 0 radical (unpaired) electrons. The first-order valence-corrected chi connectivity index (χ1v) is 10.6. The number of aryl methyl sites for hydroxylation is 2. The molecule has 2 rings (SSSR count). The summed E-state index contributed by atoms with van der Waals surface area (Å²) in [5.74, 6) is 0.435. The van der Waals surface area contributed by atoms with Gasteiger partial charge in [-0.15, -0.1) is 0 Å². The number of hydrogen-bond donors (Lipinski definition) is 3. The van der Waals surface area contributed by atoms with Gasteiger partial charge < -0.3 is 15.0 Å². The molecule has 1 aliphatic carbocycles. The zero-order chi connectivity index (χ0) is 22.8. The van der Waals surface area contributed by atoms with E-state index in [-0.39, 0.29) is 35.3 Å². The number of aliphatic hydroxyl groups is 2. The highest BCUT2D eigenvalue weighted by Gasteiger charge is 2.44. The van der Waals surface area contributed by atoms with E-state index in [1.807, 2.05) is 0 Å². The van der Waals surface area contributed by atoms with E-state index in [1.54, 1.807) is 13.8 Å². The second-order valence-corrected chi connectivity index (χ2v) is 8.07. The topological polar surface area (TPSA) is 119 Å². The van der Waals surface area contributed by atoms with Crippen LogP contribution in [-0.4, -0.2) is 52.9 Å². The van der Waals surface area contributed by atoms with Crippen LogP contribution in [0.25, 0.3) is 0 Å². The van der Waals surface area contributed by atoms with Crippen LogP contribution in [0.5, 0.6) is 5.88 Å². The summed E-state index contributed by atoms with van der Waals surface area (Å²) in [6, 6.07) is 0. The van der Waals surface area contributed by atoms with Gasteiger partial charge in [0.15, 0.2) is 0 Å². The molecule has 0 aliphatic heterocycles. The maximum atomic E-state index is 11.4. The summed E-state index contributed by atoms with van der Waals surface area (Å²) in [5.41, 5.74) is -0.00997. The minimum absolute atomic E-state index is 0.0341. The van der Waals surface area contributed by atoms with Gasteiger partial charge in [0, 0.05) is 6.61 Å². The molecule has 1 aromatic heterocycles. The van der Waals surface area contributed by atoms with Crippen LogP contribution in [0.3, 0.4) is 0 Å². The van der Waals surface area contributed by atoms with E-state index in [4.69, 9.17) is 7.50 Å². The van der Waals surface area contributed by atoms with Crippen molar-refractivity contribution in [3.8, 4) is 5.88 Å². The van der Waals surface area contributed by atoms with Gasteiger partial charge in [-0.05, 0) is 52.7 Å². The van der Waals surface area contributed by atoms with Gasteiger partial charge in [0.05, 0.1) is 11.0 Å². The van der Waals surface area contributed by atoms with Gasteiger partial charge >= 0.3 is 5.69 Å². The Hall–Kier alpha value is -0.955. The van der Waals surface area contributed by atoms with Crippen molar-refractivity contribution in [1.29, 1.82) is 2.77 Å². The monoisotopic (exact) mass is 434 g/mol. The fourth-order valence-corrected chi connectivity index (χ4v) is 3.76. The average molecular weight is 434 g/mol. The Bertz CT molecular complexity index is 692. The van der Waals surface area contributed by atoms with Gasteiger partial charge in [0.2, 0.25) is 7.67 Å². The minimum atomic E-state index is -0.702. The smallest absolute Gasteiger partial charge is 0.351 e. The normalized spacial score (nSPS) is 24.6. The zero-order valence-electron chi connectivity index (χ0n) is 18.6. The number of nitrogens with zero attached hydrogens (tertiary/aromatic N) is 3. The third-order valence-electron chi connectivity index (χ3n) is 4.84. The zero-order valence-corrected chi connectivity index (χ0v) is 18.6. The highest BCUT2D eigenvalue weighted by atomic mass is 32.1. The third-order valence-corrected chi connectivity index (χ3v) is 4.84. The molecule has 0 bridgehead atoms. The molecule has 11 heteroatoms. The van der Waals surface area contributed by atoms with Crippen molar-refractivity contribution in [2.45, 2.75) is 65.1 Å². The van der Waals surface area contributed by atoms with Crippen LogP contribution in [0.4, 0.5) is 5.69 Å². The van der Waals surface area contributed by atoms with Gasteiger partial charge in [-0.25, -0.2) is 17.5 Å². The Labute approximate surface area is 177 Å². The van der Waals surface area contributed by atoms with Crippen molar-refractivity contribution >= 4 is 33.5 Å². The van der Waals surface area contributed by atoms with E-state index in [1.165, 1.54) is 0 Å². The van der Waals surface area contributed by atoms with E-state index >= 15 is 0 Å². The van der Waals surface area contributed by atoms with Crippen molar-refractivity contribution < 1.29 is 19.9 Å². The maximum absolute atomic E-state index is 11.4. The molecule has 0 aromatic carbocycles. The van der Waals surface area contributed by atoms with E-state index in [0.717, 1.165) is 25.7 Å². The molecule has 2 N–H and O–H groups in total. The minimum Gasteiger partial charge on any atom is -0.466 e. The van der Waals surface area contributed by atoms with Gasteiger partial charge in [-0.2, -0.15) is 14.1 Å². The number of hydrogen-bond acceptors (Lipinski definition) is 8. The van der Waals surface area contributed by atoms with Gasteiger partial charge in [0.1, 0.15) is 17.6 Å². The van der Waals surface area contributed by atoms with Crippen LogP contribution in [0.2, 0.25) is 0 Å². The summed E-state index contributed by atoms with van der Waals surface area (Å²) in [6.45, 7) is 5.57. The predicted octanol–water partition coefficient (Wildman–Crippen LogP) is 2.38. The van der Waals surface area contributed by atoms with Crippen LogP contribution in [0.15, 0.2) is 0 Å². The summed E-state index contributed by atoms with van der Waals surface area (Å²) >= 11 is 3.60. The summed E-state index contributed by atoms with van der Waals surface area (Å²) in [5, 5.41) is 26.5. The fraction of sp³-hybridized carbons (Fsp3) is 0.765. The standard InChI is InChI=1S/C17H27N3O5.BH4PS/c1-4-6-12-9-13(7-5-8-21)16(15(12)22)25-17-14(20(23)24)10(2)18-11(3)19-17;2-1-3/h12-13,15-16,21-22H,4-9H2,1-3H3;1,3H,2H2/t12-,13-,15+,16-;/m0./s1/i21T;1D. The molecular formula is C17H31BN3O5PS. The SMILES string of the molecule is [2H]B(P)S.[3H]OCCC[C@H]1C[C@H](CCC)[C@@H](O)[C@H]1Oc1nc(C)nc(C)c1[N+](=O)[O-]. The fourth-order valence-electron chi connectivity index (χ4n) is 3.76. The summed E-state index contributed by atoms with van der Waals surface area (Å²) in [4.78, 5) is 19.0. The van der Waals surface area contributed by atoms with Crippen LogP contribution < -0.4 is 4.74 Å². The van der Waals surface area contributed by atoms with Crippen molar-refractivity contribution in [3.05, 3.63) is 21.6 Å². The number of thiol groups is 1. The van der Waals surface area contributed by atoms with Crippen LogP contribution in [0.1, 0.15) is 50.5 Å². The number of rotatable bonds is 9. The van der Waals surface area contributed by atoms with Crippen LogP contribution in [0, 0.1) is 35.8 Å². The first-order chi connectivity index (χ1) is 14.1. The molecule has 0 spiro atoms. The number of aliphatic hydroxyl groups excluding tert-OH is 2. The molecule has 1 aromatic rings. The molecule has 28 heavy (non-hydrogen) atoms. The summed E-state index contributed by atoms with van der Waals surface area (Å²) in [7, 11) is 2.19. The molecular weight excluding hydrogens is 400 g/mol. The Morgan fingerprint density at radius 1 is 1.50 bits per heavy atom. The number of aromatic nitrogens is 2. The predicted molar refractivity (Wildman–Crippen MR) is 117 cm³/mol. The lowest BCUT2D eigenvalue weighted by Gasteiger charge is -2.23. The van der Waals surface area contributed by atoms with Gasteiger partial charge in [-0.3, -0.25) is 10.1 Å². The summed E-state index contributed by atoms with van der Waals surface area (Å²) in [6.07, 6.45) is 2.42. The molecule has 1 unspecified atom stereocenters. The van der Waals surface area contributed by atoms with Crippen molar-refractivity contribution in [2.75, 3.05) is 6.61 Å². The molecule has 5 atom stereocenters. The van der Waals surface area contributed by atoms with Gasteiger partial charge in [0.25, 0.3) is 5.88 Å². The Kier molecular flexibility index (Phi) is 9.77. The van der Waals surface area contributed by atoms with E-state index in [2.05, 4.69) is 43.6 Å². The maximum Gasteiger partial charge on any atom is 0.351 e. The van der Waals surface area contributed by atoms with Crippen LogP contribution in [-0.2, 0) is 0 Å². The molecule has 1 aliphatic rings. The molecule has 1 saturated carbocycles. The summed E-state index contributed by atoms with van der Waals surface area (Å²) < 4.78 is 19.1. The highest BCUT2D eigenvalue weighted by Crippen LogP contribution is 2.40. The van der Waals surface area contributed by atoms with Crippen molar-refractivity contribution in [3.63, 3.8) is 0 Å². The molecule has 1 fully saturated rings. The Balaban J connectivity index is 0.00000103. The van der Waals surface area contributed by atoms with E-state index < -0.39 is 17.1 Å². The largest absolute Gasteiger partial charge is 0.466 e. The van der Waals surface area contributed by atoms with E-state index in [0.29, 0.717) is 18.9 Å². The third kappa shape index (κ3) is 6.83. The second kappa shape index (κ2) is 12.6. The van der Waals surface area contributed by atoms with Crippen molar-refractivity contribution in [1.82, 2.24) is 9.97 Å². The lowest BCUT2D eigenvalue weighted by Crippen LogP contribution is -2.34. The lowest BCUT2D eigenvalue weighted by atomic mass is 9.97. The first-order valence-electron chi connectivity index (χ1n) is 10.4. The Morgan fingerprint density at radius 3 is 2.75 bits per heavy atom. The van der Waals surface area contributed by atoms with E-state index in [9.17, 15) is 15.2 Å². The van der Waals surface area contributed by atoms with Crippen molar-refractivity contribution in [2.24, 2.45) is 11.8 Å². The highest BCUT2D eigenvalue weighted by molar-refractivity contribution is 8.20. The molecule has 0 saturated heterocycles.